The van der Waals surface area contributed by atoms with Gasteiger partial charge < -0.3 is 5.32 Å². The van der Waals surface area contributed by atoms with Crippen molar-refractivity contribution in [1.82, 2.24) is 15.1 Å². The first-order valence-electron chi connectivity index (χ1n) is 6.31. The van der Waals surface area contributed by atoms with Gasteiger partial charge in [0.25, 0.3) is 0 Å². The van der Waals surface area contributed by atoms with E-state index in [9.17, 15) is 0 Å². The van der Waals surface area contributed by atoms with Crippen molar-refractivity contribution < 1.29 is 0 Å². The van der Waals surface area contributed by atoms with Crippen molar-refractivity contribution in [3.8, 4) is 0 Å². The Bertz CT molecular complexity index is 372. The SMILES string of the molecule is CCc1nn(CC)c(CNC2CCSC2)c1Cl. The van der Waals surface area contributed by atoms with Crippen molar-refractivity contribution in [3.63, 3.8) is 0 Å². The molecular formula is C12H20ClN3S. The predicted molar refractivity (Wildman–Crippen MR) is 74.9 cm³/mol. The number of nitrogens with zero attached hydrogens (tertiary/aromatic N) is 2. The van der Waals surface area contributed by atoms with E-state index in [-0.39, 0.29) is 0 Å². The summed E-state index contributed by atoms with van der Waals surface area (Å²) in [6.45, 7) is 5.93. The van der Waals surface area contributed by atoms with Gasteiger partial charge in [0.05, 0.1) is 16.4 Å². The number of hydrogen-bond donors (Lipinski definition) is 1. The molecule has 1 fully saturated rings. The second kappa shape index (κ2) is 6.12. The van der Waals surface area contributed by atoms with Gasteiger partial charge in [-0.3, -0.25) is 4.68 Å². The minimum atomic E-state index is 0.640. The molecule has 1 aromatic heterocycles. The Kier molecular flexibility index (Phi) is 4.77. The Labute approximate surface area is 112 Å². The smallest absolute Gasteiger partial charge is 0.0863 e. The Balaban J connectivity index is 2.05. The van der Waals surface area contributed by atoms with Crippen LogP contribution in [-0.2, 0) is 19.5 Å². The van der Waals surface area contributed by atoms with Gasteiger partial charge in [0, 0.05) is 24.9 Å². The fraction of sp³-hybridized carbons (Fsp3) is 0.750. The minimum absolute atomic E-state index is 0.640. The number of rotatable bonds is 5. The monoisotopic (exact) mass is 273 g/mol. The van der Waals surface area contributed by atoms with Crippen molar-refractivity contribution in [1.29, 1.82) is 0 Å². The van der Waals surface area contributed by atoms with E-state index in [1.807, 2.05) is 16.4 Å². The summed E-state index contributed by atoms with van der Waals surface area (Å²) in [6.07, 6.45) is 2.17. The van der Waals surface area contributed by atoms with E-state index >= 15 is 0 Å². The molecule has 0 radical (unpaired) electrons. The van der Waals surface area contributed by atoms with Crippen molar-refractivity contribution >= 4 is 23.4 Å². The maximum atomic E-state index is 6.37. The highest BCUT2D eigenvalue weighted by molar-refractivity contribution is 7.99. The maximum absolute atomic E-state index is 6.37. The Morgan fingerprint density at radius 2 is 2.35 bits per heavy atom. The topological polar surface area (TPSA) is 29.9 Å². The van der Waals surface area contributed by atoms with Gasteiger partial charge in [0.1, 0.15) is 0 Å². The summed E-state index contributed by atoms with van der Waals surface area (Å²) in [5.41, 5.74) is 2.16. The molecule has 1 aliphatic rings. The van der Waals surface area contributed by atoms with Gasteiger partial charge in [0.2, 0.25) is 0 Å². The molecule has 3 nitrogen and oxygen atoms in total. The number of halogens is 1. The summed E-state index contributed by atoms with van der Waals surface area (Å²) in [6, 6.07) is 0.640. The molecule has 0 aliphatic carbocycles. The van der Waals surface area contributed by atoms with Gasteiger partial charge in [-0.25, -0.2) is 0 Å². The zero-order chi connectivity index (χ0) is 12.3. The summed E-state index contributed by atoms with van der Waals surface area (Å²) in [5.74, 6) is 2.50. The average Bonchev–Trinajstić information content (AvgIpc) is 2.94. The molecular weight excluding hydrogens is 254 g/mol. The van der Waals surface area contributed by atoms with Crippen LogP contribution in [-0.4, -0.2) is 27.3 Å². The highest BCUT2D eigenvalue weighted by Crippen LogP contribution is 2.23. The van der Waals surface area contributed by atoms with E-state index < -0.39 is 0 Å². The number of thioether (sulfide) groups is 1. The Morgan fingerprint density at radius 3 is 2.94 bits per heavy atom. The molecule has 96 valence electrons. The van der Waals surface area contributed by atoms with E-state index in [2.05, 4.69) is 24.3 Å². The lowest BCUT2D eigenvalue weighted by Crippen LogP contribution is -2.29. The molecule has 17 heavy (non-hydrogen) atoms. The average molecular weight is 274 g/mol. The van der Waals surface area contributed by atoms with E-state index in [1.165, 1.54) is 17.9 Å². The maximum Gasteiger partial charge on any atom is 0.0863 e. The molecule has 0 spiro atoms. The van der Waals surface area contributed by atoms with Crippen molar-refractivity contribution in [2.75, 3.05) is 11.5 Å². The van der Waals surface area contributed by atoms with Gasteiger partial charge in [-0.05, 0) is 25.5 Å². The third-order valence-corrected chi connectivity index (χ3v) is 4.78. The molecule has 0 bridgehead atoms. The number of aromatic nitrogens is 2. The van der Waals surface area contributed by atoms with Crippen LogP contribution in [0.15, 0.2) is 0 Å². The molecule has 1 unspecified atom stereocenters. The lowest BCUT2D eigenvalue weighted by molar-refractivity contribution is 0.522. The zero-order valence-electron chi connectivity index (χ0n) is 10.5. The molecule has 1 aromatic rings. The van der Waals surface area contributed by atoms with Crippen LogP contribution in [0.3, 0.4) is 0 Å². The van der Waals surface area contributed by atoms with E-state index in [0.717, 1.165) is 35.9 Å². The molecule has 1 aliphatic heterocycles. The van der Waals surface area contributed by atoms with Crippen LogP contribution in [0, 0.1) is 0 Å². The lowest BCUT2D eigenvalue weighted by Gasteiger charge is -2.12. The quantitative estimate of drug-likeness (QED) is 0.895. The molecule has 2 rings (SSSR count). The second-order valence-corrected chi connectivity index (χ2v) is 5.85. The minimum Gasteiger partial charge on any atom is -0.307 e. The first-order chi connectivity index (χ1) is 8.26. The standard InChI is InChI=1S/C12H20ClN3S/c1-3-10-12(13)11(16(4-2)15-10)7-14-9-5-6-17-8-9/h9,14H,3-8H2,1-2H3. The predicted octanol–water partition coefficient (Wildman–Crippen LogP) is 2.71. The van der Waals surface area contributed by atoms with Gasteiger partial charge in [-0.1, -0.05) is 18.5 Å². The van der Waals surface area contributed by atoms with Crippen LogP contribution in [0.5, 0.6) is 0 Å². The van der Waals surface area contributed by atoms with Crippen LogP contribution in [0.25, 0.3) is 0 Å². The summed E-state index contributed by atoms with van der Waals surface area (Å²) < 4.78 is 2.02. The molecule has 0 amide bonds. The Morgan fingerprint density at radius 1 is 1.53 bits per heavy atom. The molecule has 1 saturated heterocycles. The lowest BCUT2D eigenvalue weighted by atomic mass is 10.2. The fourth-order valence-electron chi connectivity index (χ4n) is 2.12. The Hall–Kier alpha value is -0.190. The third-order valence-electron chi connectivity index (χ3n) is 3.18. The first-order valence-corrected chi connectivity index (χ1v) is 7.84. The highest BCUT2D eigenvalue weighted by Gasteiger charge is 2.18. The summed E-state index contributed by atoms with van der Waals surface area (Å²) in [4.78, 5) is 0. The highest BCUT2D eigenvalue weighted by atomic mass is 35.5. The van der Waals surface area contributed by atoms with E-state index in [4.69, 9.17) is 11.6 Å². The normalized spacial score (nSPS) is 20.1. The summed E-state index contributed by atoms with van der Waals surface area (Å²) >= 11 is 8.39. The number of aryl methyl sites for hydroxylation is 2. The largest absolute Gasteiger partial charge is 0.307 e. The fourth-order valence-corrected chi connectivity index (χ4v) is 3.65. The van der Waals surface area contributed by atoms with Gasteiger partial charge in [0.15, 0.2) is 0 Å². The van der Waals surface area contributed by atoms with Gasteiger partial charge in [-0.15, -0.1) is 0 Å². The van der Waals surface area contributed by atoms with Crippen molar-refractivity contribution in [3.05, 3.63) is 16.4 Å². The van der Waals surface area contributed by atoms with Crippen LogP contribution >= 0.6 is 23.4 Å². The molecule has 0 saturated carbocycles. The second-order valence-electron chi connectivity index (χ2n) is 4.32. The van der Waals surface area contributed by atoms with Crippen LogP contribution in [0.4, 0.5) is 0 Å². The van der Waals surface area contributed by atoms with Crippen LogP contribution in [0.1, 0.15) is 31.7 Å². The van der Waals surface area contributed by atoms with Crippen LogP contribution in [0.2, 0.25) is 5.02 Å². The van der Waals surface area contributed by atoms with Crippen molar-refractivity contribution in [2.24, 2.45) is 0 Å². The van der Waals surface area contributed by atoms with Gasteiger partial charge in [-0.2, -0.15) is 16.9 Å². The number of nitrogens with one attached hydrogen (secondary N) is 1. The molecule has 2 heterocycles. The van der Waals surface area contributed by atoms with Crippen molar-refractivity contribution in [2.45, 2.75) is 45.8 Å². The summed E-state index contributed by atoms with van der Waals surface area (Å²) in [5, 5.41) is 8.97. The van der Waals surface area contributed by atoms with E-state index in [1.54, 1.807) is 0 Å². The van der Waals surface area contributed by atoms with Gasteiger partial charge >= 0.3 is 0 Å². The first kappa shape index (κ1) is 13.2. The molecule has 1 atom stereocenters. The third kappa shape index (κ3) is 2.98. The number of hydrogen-bond acceptors (Lipinski definition) is 3. The molecule has 1 N–H and O–H groups in total. The van der Waals surface area contributed by atoms with E-state index in [0.29, 0.717) is 6.04 Å². The summed E-state index contributed by atoms with van der Waals surface area (Å²) in [7, 11) is 0. The molecule has 0 aromatic carbocycles. The van der Waals surface area contributed by atoms with Crippen LogP contribution < -0.4 is 5.32 Å². The zero-order valence-corrected chi connectivity index (χ0v) is 12.1. The molecule has 5 heteroatoms.